The van der Waals surface area contributed by atoms with Gasteiger partial charge in [0.25, 0.3) is 0 Å². The molecular weight excluding hydrogens is 343 g/mol. The maximum absolute atomic E-state index is 13.0. The summed E-state index contributed by atoms with van der Waals surface area (Å²) in [6.45, 7) is -0.273. The third-order valence-electron chi connectivity index (χ3n) is 4.37. The average Bonchev–Trinajstić information content (AvgIpc) is 3.01. The molecule has 136 valence electrons. The molecular formula is C16H16F3NO5. The highest BCUT2D eigenvalue weighted by Crippen LogP contribution is 2.38. The third kappa shape index (κ3) is 3.64. The van der Waals surface area contributed by atoms with Gasteiger partial charge in [-0.2, -0.15) is 13.2 Å². The molecule has 0 bridgehead atoms. The highest BCUT2D eigenvalue weighted by Gasteiger charge is 2.53. The number of halogens is 3. The van der Waals surface area contributed by atoms with E-state index in [-0.39, 0.29) is 6.42 Å². The minimum atomic E-state index is -4.66. The van der Waals surface area contributed by atoms with Gasteiger partial charge in [0.05, 0.1) is 18.3 Å². The first-order chi connectivity index (χ1) is 11.8. The fourth-order valence-corrected chi connectivity index (χ4v) is 3.07. The van der Waals surface area contributed by atoms with Crippen molar-refractivity contribution in [2.24, 2.45) is 11.8 Å². The lowest BCUT2D eigenvalue weighted by molar-refractivity contribution is -0.188. The molecule has 1 N–H and O–H groups in total. The van der Waals surface area contributed by atoms with Gasteiger partial charge in [-0.3, -0.25) is 9.59 Å². The van der Waals surface area contributed by atoms with Crippen LogP contribution in [0.15, 0.2) is 18.2 Å². The van der Waals surface area contributed by atoms with Crippen LogP contribution in [0.1, 0.15) is 5.56 Å². The van der Waals surface area contributed by atoms with Crippen LogP contribution in [0.25, 0.3) is 0 Å². The van der Waals surface area contributed by atoms with E-state index in [0.717, 1.165) is 4.90 Å². The lowest BCUT2D eigenvalue weighted by Crippen LogP contribution is -2.34. The molecule has 25 heavy (non-hydrogen) atoms. The molecule has 1 amide bonds. The summed E-state index contributed by atoms with van der Waals surface area (Å²) in [6.07, 6.45) is -4.79. The summed E-state index contributed by atoms with van der Waals surface area (Å²) >= 11 is 0. The topological polar surface area (TPSA) is 76.1 Å². The molecule has 0 unspecified atom stereocenters. The molecule has 1 aromatic rings. The second-order valence-corrected chi connectivity index (χ2v) is 6.05. The quantitative estimate of drug-likeness (QED) is 0.889. The molecule has 6 nitrogen and oxygen atoms in total. The van der Waals surface area contributed by atoms with Crippen LogP contribution in [0.4, 0.5) is 13.2 Å². The molecule has 2 heterocycles. The van der Waals surface area contributed by atoms with Gasteiger partial charge in [0.2, 0.25) is 5.91 Å². The summed E-state index contributed by atoms with van der Waals surface area (Å²) in [5, 5.41) is 9.00. The van der Waals surface area contributed by atoms with Crippen molar-refractivity contribution in [2.45, 2.75) is 12.6 Å². The molecule has 0 saturated carbocycles. The van der Waals surface area contributed by atoms with Crippen molar-refractivity contribution >= 4 is 11.9 Å². The number of hydrogen-bond donors (Lipinski definition) is 1. The molecule has 0 spiro atoms. The van der Waals surface area contributed by atoms with Gasteiger partial charge < -0.3 is 19.5 Å². The van der Waals surface area contributed by atoms with E-state index >= 15 is 0 Å². The first-order valence-electron chi connectivity index (χ1n) is 7.71. The molecule has 2 aliphatic rings. The number of carboxylic acid groups (broad SMARTS) is 1. The number of rotatable bonds is 3. The van der Waals surface area contributed by atoms with Crippen molar-refractivity contribution in [1.29, 1.82) is 0 Å². The van der Waals surface area contributed by atoms with Crippen LogP contribution < -0.4 is 9.47 Å². The fraction of sp³-hybridized carbons (Fsp3) is 0.500. The normalized spacial score (nSPS) is 22.8. The molecule has 1 aromatic carbocycles. The minimum absolute atomic E-state index is 0.131. The van der Waals surface area contributed by atoms with Crippen LogP contribution in [0.2, 0.25) is 0 Å². The van der Waals surface area contributed by atoms with Crippen molar-refractivity contribution in [3.8, 4) is 11.5 Å². The summed E-state index contributed by atoms with van der Waals surface area (Å²) in [6, 6.07) is 4.88. The maximum Gasteiger partial charge on any atom is 0.394 e. The lowest BCUT2D eigenvalue weighted by atomic mass is 9.96. The van der Waals surface area contributed by atoms with Gasteiger partial charge in [-0.05, 0) is 17.7 Å². The molecule has 0 radical (unpaired) electrons. The zero-order valence-electron chi connectivity index (χ0n) is 13.1. The molecule has 1 fully saturated rings. The Hall–Kier alpha value is -2.45. The molecule has 1 saturated heterocycles. The highest BCUT2D eigenvalue weighted by atomic mass is 19.4. The van der Waals surface area contributed by atoms with Gasteiger partial charge in [-0.15, -0.1) is 0 Å². The summed E-state index contributed by atoms with van der Waals surface area (Å²) in [4.78, 5) is 24.4. The zero-order valence-corrected chi connectivity index (χ0v) is 13.1. The van der Waals surface area contributed by atoms with Crippen LogP contribution in [0, 0.1) is 11.8 Å². The number of ether oxygens (including phenoxy) is 2. The van der Waals surface area contributed by atoms with Crippen molar-refractivity contribution in [1.82, 2.24) is 4.90 Å². The number of alkyl halides is 3. The number of likely N-dealkylation sites (tertiary alicyclic amines) is 1. The van der Waals surface area contributed by atoms with Crippen molar-refractivity contribution < 1.29 is 37.3 Å². The summed E-state index contributed by atoms with van der Waals surface area (Å²) in [5.74, 6) is -4.74. The molecule has 2 atom stereocenters. The second kappa shape index (κ2) is 6.45. The first kappa shape index (κ1) is 17.4. The number of carbonyl (C=O) groups excluding carboxylic acids is 1. The van der Waals surface area contributed by atoms with E-state index < -0.39 is 43.0 Å². The van der Waals surface area contributed by atoms with Gasteiger partial charge in [-0.1, -0.05) is 6.07 Å². The van der Waals surface area contributed by atoms with E-state index in [1.54, 1.807) is 18.2 Å². The Morgan fingerprint density at radius 3 is 2.44 bits per heavy atom. The van der Waals surface area contributed by atoms with Gasteiger partial charge in [0, 0.05) is 13.1 Å². The number of hydrogen-bond acceptors (Lipinski definition) is 4. The van der Waals surface area contributed by atoms with E-state index in [0.29, 0.717) is 30.3 Å². The van der Waals surface area contributed by atoms with Crippen molar-refractivity contribution in [3.63, 3.8) is 0 Å². The predicted molar refractivity (Wildman–Crippen MR) is 78.4 cm³/mol. The van der Waals surface area contributed by atoms with Crippen LogP contribution in [-0.2, 0) is 16.0 Å². The van der Waals surface area contributed by atoms with E-state index in [4.69, 9.17) is 14.6 Å². The van der Waals surface area contributed by atoms with Gasteiger partial charge >= 0.3 is 12.1 Å². The molecule has 2 aliphatic heterocycles. The van der Waals surface area contributed by atoms with E-state index in [9.17, 15) is 22.8 Å². The zero-order chi connectivity index (χ0) is 18.2. The van der Waals surface area contributed by atoms with E-state index in [1.807, 2.05) is 0 Å². The second-order valence-electron chi connectivity index (χ2n) is 6.05. The van der Waals surface area contributed by atoms with E-state index in [2.05, 4.69) is 0 Å². The Labute approximate surface area is 141 Å². The Morgan fingerprint density at radius 2 is 1.84 bits per heavy atom. The molecule has 0 aliphatic carbocycles. The Kier molecular flexibility index (Phi) is 4.49. The van der Waals surface area contributed by atoms with Gasteiger partial charge in [0.15, 0.2) is 11.5 Å². The number of carboxylic acids is 1. The number of benzene rings is 1. The Balaban J connectivity index is 1.70. The Bertz CT molecular complexity index is 691. The Morgan fingerprint density at radius 1 is 1.16 bits per heavy atom. The predicted octanol–water partition coefficient (Wildman–Crippen LogP) is 1.72. The number of carbonyl (C=O) groups is 2. The summed E-state index contributed by atoms with van der Waals surface area (Å²) in [5.41, 5.74) is 0.566. The molecule has 0 aromatic heterocycles. The number of fused-ring (bicyclic) bond motifs is 1. The summed E-state index contributed by atoms with van der Waals surface area (Å²) < 4.78 is 49.7. The first-order valence-corrected chi connectivity index (χ1v) is 7.71. The maximum atomic E-state index is 13.0. The van der Waals surface area contributed by atoms with Crippen LogP contribution in [-0.4, -0.2) is 54.4 Å². The number of nitrogens with zero attached hydrogens (tertiary/aromatic N) is 1. The fourth-order valence-electron chi connectivity index (χ4n) is 3.07. The molecule has 9 heteroatoms. The van der Waals surface area contributed by atoms with Crippen LogP contribution in [0.5, 0.6) is 11.5 Å². The number of aliphatic carboxylic acids is 1. The van der Waals surface area contributed by atoms with Gasteiger partial charge in [-0.25, -0.2) is 0 Å². The standard InChI is InChI=1S/C16H16F3NO5/c17-16(18,19)11-8-20(7-10(11)15(22)23)14(21)6-9-1-2-12-13(5-9)25-4-3-24-12/h1-2,5,10-11H,3-4,6-8H2,(H,22,23)/t10-,11-/m1/s1. The van der Waals surface area contributed by atoms with Crippen LogP contribution >= 0.6 is 0 Å². The smallest absolute Gasteiger partial charge is 0.394 e. The average molecular weight is 359 g/mol. The molecule has 3 rings (SSSR count). The van der Waals surface area contributed by atoms with Gasteiger partial charge in [0.1, 0.15) is 13.2 Å². The van der Waals surface area contributed by atoms with Crippen molar-refractivity contribution in [3.05, 3.63) is 23.8 Å². The minimum Gasteiger partial charge on any atom is -0.486 e. The number of amides is 1. The van der Waals surface area contributed by atoms with E-state index in [1.165, 1.54) is 0 Å². The SMILES string of the molecule is O=C(O)[C@@H]1CN(C(=O)Cc2ccc3c(c2)OCCO3)C[C@H]1C(F)(F)F. The largest absolute Gasteiger partial charge is 0.486 e. The monoisotopic (exact) mass is 359 g/mol. The summed E-state index contributed by atoms with van der Waals surface area (Å²) in [7, 11) is 0. The highest BCUT2D eigenvalue weighted by molar-refractivity contribution is 5.81. The van der Waals surface area contributed by atoms with Crippen molar-refractivity contribution in [2.75, 3.05) is 26.3 Å². The van der Waals surface area contributed by atoms with Crippen LogP contribution in [0.3, 0.4) is 0 Å². The lowest BCUT2D eigenvalue weighted by Gasteiger charge is -2.20. The third-order valence-corrected chi connectivity index (χ3v) is 4.37.